The smallest absolute Gasteiger partial charge is 0.349 e. The number of rotatable bonds is 7. The molecule has 1 fully saturated rings. The average molecular weight is 479 g/mol. The molecular formula is C25H26N4O4S. The topological polar surface area (TPSA) is 87.9 Å². The Morgan fingerprint density at radius 1 is 1.15 bits per heavy atom. The molecule has 4 aromatic rings. The molecule has 34 heavy (non-hydrogen) atoms. The molecule has 9 heteroatoms. The molecule has 1 aliphatic rings. The first kappa shape index (κ1) is 22.4. The van der Waals surface area contributed by atoms with E-state index in [4.69, 9.17) is 14.1 Å². The molecule has 0 atom stereocenters. The Labute approximate surface area is 200 Å². The van der Waals surface area contributed by atoms with Crippen LogP contribution in [0.2, 0.25) is 0 Å². The number of amides is 1. The van der Waals surface area contributed by atoms with E-state index in [1.165, 1.54) is 0 Å². The number of thiazole rings is 1. The van der Waals surface area contributed by atoms with E-state index in [1.807, 2.05) is 31.2 Å². The van der Waals surface area contributed by atoms with Crippen molar-refractivity contribution in [2.24, 2.45) is 0 Å². The number of aromatic nitrogens is 1. The fourth-order valence-corrected chi connectivity index (χ4v) is 5.16. The molecule has 3 heterocycles. The molecule has 1 aliphatic heterocycles. The average Bonchev–Trinajstić information content (AvgIpc) is 3.29. The third-order valence-corrected chi connectivity index (χ3v) is 6.99. The van der Waals surface area contributed by atoms with Gasteiger partial charge in [0.25, 0.3) is 5.91 Å². The van der Waals surface area contributed by atoms with Crippen molar-refractivity contribution in [1.29, 1.82) is 0 Å². The Bertz CT molecular complexity index is 1370. The van der Waals surface area contributed by atoms with Crippen molar-refractivity contribution in [2.75, 3.05) is 50.8 Å². The first-order chi connectivity index (χ1) is 16.6. The van der Waals surface area contributed by atoms with E-state index in [1.54, 1.807) is 29.5 Å². The van der Waals surface area contributed by atoms with E-state index >= 15 is 0 Å². The minimum atomic E-state index is -0.617. The van der Waals surface area contributed by atoms with Crippen LogP contribution >= 0.6 is 11.3 Å². The summed E-state index contributed by atoms with van der Waals surface area (Å²) in [5.74, 6) is 0.426. The maximum atomic E-state index is 12.5. The fourth-order valence-electron chi connectivity index (χ4n) is 4.12. The van der Waals surface area contributed by atoms with Crippen LogP contribution < -0.4 is 20.6 Å². The van der Waals surface area contributed by atoms with Crippen LogP contribution in [0.25, 0.3) is 21.2 Å². The van der Waals surface area contributed by atoms with Gasteiger partial charge in [-0.25, -0.2) is 9.78 Å². The van der Waals surface area contributed by atoms with Gasteiger partial charge in [-0.05, 0) is 31.2 Å². The van der Waals surface area contributed by atoms with Crippen molar-refractivity contribution in [1.82, 2.24) is 15.2 Å². The van der Waals surface area contributed by atoms with Crippen LogP contribution in [-0.2, 0) is 0 Å². The molecule has 0 radical (unpaired) electrons. The fraction of sp³-hybridized carbons (Fsp3) is 0.320. The molecule has 1 amide bonds. The number of nitrogens with zero attached hydrogens (tertiary/aromatic N) is 3. The summed E-state index contributed by atoms with van der Waals surface area (Å²) in [6.07, 6.45) is 0. The van der Waals surface area contributed by atoms with Crippen LogP contribution in [0.4, 0.5) is 5.13 Å². The first-order valence-electron chi connectivity index (χ1n) is 11.4. The molecule has 0 spiro atoms. The molecule has 2 aromatic carbocycles. The number of carbonyl (C=O) groups excluding carboxylic acids is 1. The Morgan fingerprint density at radius 3 is 2.79 bits per heavy atom. The van der Waals surface area contributed by atoms with Gasteiger partial charge in [0.1, 0.15) is 22.4 Å². The molecular weight excluding hydrogens is 452 g/mol. The molecule has 0 unspecified atom stereocenters. The Hall–Kier alpha value is -3.43. The molecule has 0 bridgehead atoms. The van der Waals surface area contributed by atoms with Gasteiger partial charge in [-0.3, -0.25) is 9.69 Å². The third-order valence-electron chi connectivity index (χ3n) is 5.91. The third kappa shape index (κ3) is 4.62. The van der Waals surface area contributed by atoms with Crippen LogP contribution in [0, 0.1) is 0 Å². The van der Waals surface area contributed by atoms with Gasteiger partial charge < -0.3 is 19.4 Å². The van der Waals surface area contributed by atoms with Crippen LogP contribution in [0.1, 0.15) is 17.3 Å². The molecule has 1 N–H and O–H groups in total. The van der Waals surface area contributed by atoms with Gasteiger partial charge in [-0.2, -0.15) is 0 Å². The maximum absolute atomic E-state index is 12.5. The number of para-hydroxylation sites is 2. The van der Waals surface area contributed by atoms with E-state index in [9.17, 15) is 9.59 Å². The SMILES string of the molecule is CCOc1cccc2sc(N3CCN(CCNC(=O)c4cc5ccccc5oc4=O)CC3)nc12. The van der Waals surface area contributed by atoms with Crippen molar-refractivity contribution in [3.8, 4) is 5.75 Å². The molecule has 176 valence electrons. The zero-order valence-electron chi connectivity index (χ0n) is 19.0. The van der Waals surface area contributed by atoms with Gasteiger partial charge in [0, 0.05) is 44.7 Å². The van der Waals surface area contributed by atoms with Crippen molar-refractivity contribution in [3.63, 3.8) is 0 Å². The van der Waals surface area contributed by atoms with Gasteiger partial charge in [0.2, 0.25) is 0 Å². The van der Waals surface area contributed by atoms with Crippen molar-refractivity contribution in [2.45, 2.75) is 6.92 Å². The van der Waals surface area contributed by atoms with E-state index in [0.717, 1.165) is 52.7 Å². The van der Waals surface area contributed by atoms with Gasteiger partial charge in [-0.15, -0.1) is 0 Å². The second-order valence-electron chi connectivity index (χ2n) is 8.10. The van der Waals surface area contributed by atoms with Crippen molar-refractivity contribution >= 4 is 43.6 Å². The second-order valence-corrected chi connectivity index (χ2v) is 9.11. The van der Waals surface area contributed by atoms with Crippen LogP contribution in [0.3, 0.4) is 0 Å². The monoisotopic (exact) mass is 478 g/mol. The lowest BCUT2D eigenvalue weighted by Crippen LogP contribution is -2.48. The van der Waals surface area contributed by atoms with Crippen molar-refractivity contribution < 1.29 is 13.9 Å². The van der Waals surface area contributed by atoms with E-state index in [-0.39, 0.29) is 5.56 Å². The summed E-state index contributed by atoms with van der Waals surface area (Å²) in [5.41, 5.74) is 0.816. The molecule has 1 saturated heterocycles. The number of nitrogens with one attached hydrogen (secondary N) is 1. The number of carbonyl (C=O) groups is 1. The molecule has 8 nitrogen and oxygen atoms in total. The lowest BCUT2D eigenvalue weighted by molar-refractivity contribution is 0.0944. The minimum Gasteiger partial charge on any atom is -0.492 e. The summed E-state index contributed by atoms with van der Waals surface area (Å²) in [5, 5.41) is 4.59. The first-order valence-corrected chi connectivity index (χ1v) is 12.2. The number of anilines is 1. The normalized spacial score (nSPS) is 14.6. The molecule has 2 aromatic heterocycles. The molecule has 0 aliphatic carbocycles. The number of hydrogen-bond donors (Lipinski definition) is 1. The lowest BCUT2D eigenvalue weighted by atomic mass is 10.2. The Morgan fingerprint density at radius 2 is 1.97 bits per heavy atom. The van der Waals surface area contributed by atoms with Crippen LogP contribution in [0.15, 0.2) is 57.7 Å². The highest BCUT2D eigenvalue weighted by atomic mass is 32.1. The number of hydrogen-bond acceptors (Lipinski definition) is 8. The zero-order chi connectivity index (χ0) is 23.5. The highest BCUT2D eigenvalue weighted by molar-refractivity contribution is 7.22. The Kier molecular flexibility index (Phi) is 6.46. The largest absolute Gasteiger partial charge is 0.492 e. The number of benzene rings is 2. The summed E-state index contributed by atoms with van der Waals surface area (Å²) in [6, 6.07) is 14.8. The predicted octanol–water partition coefficient (Wildman–Crippen LogP) is 3.35. The van der Waals surface area contributed by atoms with E-state index in [2.05, 4.69) is 21.2 Å². The lowest BCUT2D eigenvalue weighted by Gasteiger charge is -2.34. The number of fused-ring (bicyclic) bond motifs is 2. The number of piperazine rings is 1. The zero-order valence-corrected chi connectivity index (χ0v) is 19.8. The second kappa shape index (κ2) is 9.82. The summed E-state index contributed by atoms with van der Waals surface area (Å²) >= 11 is 1.69. The number of ether oxygens (including phenoxy) is 1. The summed E-state index contributed by atoms with van der Waals surface area (Å²) < 4.78 is 12.1. The molecule has 0 saturated carbocycles. The van der Waals surface area contributed by atoms with Gasteiger partial charge in [0.15, 0.2) is 5.13 Å². The Balaban J connectivity index is 1.14. The summed E-state index contributed by atoms with van der Waals surface area (Å²) in [4.78, 5) is 34.1. The highest BCUT2D eigenvalue weighted by Gasteiger charge is 2.21. The van der Waals surface area contributed by atoms with Gasteiger partial charge in [-0.1, -0.05) is 35.6 Å². The standard InChI is InChI=1S/C25H26N4O4S/c1-2-32-20-8-5-9-21-22(20)27-25(34-21)29-14-12-28(13-15-29)11-10-26-23(30)18-16-17-6-3-4-7-19(17)33-24(18)31/h3-9,16H,2,10-15H2,1H3,(H,26,30). The van der Waals surface area contributed by atoms with Gasteiger partial charge in [0.05, 0.1) is 11.3 Å². The quantitative estimate of drug-likeness (QED) is 0.408. The molecule has 5 rings (SSSR count). The maximum Gasteiger partial charge on any atom is 0.349 e. The summed E-state index contributed by atoms with van der Waals surface area (Å²) in [7, 11) is 0. The van der Waals surface area contributed by atoms with Crippen LogP contribution in [0.5, 0.6) is 5.75 Å². The van der Waals surface area contributed by atoms with E-state index in [0.29, 0.717) is 25.3 Å². The predicted molar refractivity (Wildman–Crippen MR) is 134 cm³/mol. The van der Waals surface area contributed by atoms with Crippen LogP contribution in [-0.4, -0.2) is 61.7 Å². The van der Waals surface area contributed by atoms with Gasteiger partial charge >= 0.3 is 5.63 Å². The highest BCUT2D eigenvalue weighted by Crippen LogP contribution is 2.34. The summed E-state index contributed by atoms with van der Waals surface area (Å²) in [6.45, 7) is 7.26. The van der Waals surface area contributed by atoms with Crippen molar-refractivity contribution in [3.05, 3.63) is 64.5 Å². The van der Waals surface area contributed by atoms with E-state index < -0.39 is 11.5 Å². The minimum absolute atomic E-state index is 0.0331.